The van der Waals surface area contributed by atoms with Gasteiger partial charge in [0, 0.05) is 13.1 Å². The zero-order valence-electron chi connectivity index (χ0n) is 12.1. The number of aryl methyl sites for hydroxylation is 1. The first kappa shape index (κ1) is 15.5. The lowest BCUT2D eigenvalue weighted by molar-refractivity contribution is 0.625. The largest absolute Gasteiger partial charge is 0.368 e. The Morgan fingerprint density at radius 3 is 2.81 bits per heavy atom. The van der Waals surface area contributed by atoms with E-state index in [1.807, 2.05) is 13.8 Å². The molecule has 2 rings (SSSR count). The molecule has 2 aromatic rings. The second kappa shape index (κ2) is 7.22. The van der Waals surface area contributed by atoms with Gasteiger partial charge in [-0.3, -0.25) is 0 Å². The Balaban J connectivity index is 1.98. The lowest BCUT2D eigenvalue weighted by Crippen LogP contribution is -2.10. The molecule has 1 heterocycles. The van der Waals surface area contributed by atoms with Crippen molar-refractivity contribution in [1.82, 2.24) is 9.97 Å². The lowest BCUT2D eigenvalue weighted by atomic mass is 10.1. The van der Waals surface area contributed by atoms with E-state index in [1.165, 1.54) is 12.1 Å². The van der Waals surface area contributed by atoms with Crippen molar-refractivity contribution in [3.8, 4) is 0 Å². The van der Waals surface area contributed by atoms with Crippen LogP contribution in [-0.4, -0.2) is 23.1 Å². The van der Waals surface area contributed by atoms with Gasteiger partial charge < -0.3 is 10.6 Å². The minimum absolute atomic E-state index is 0.210. The standard InChI is InChI=1S/C15H18ClFN4/c1-3-18-15-20-9-13(16)14(21-15)19-7-6-11-4-5-12(17)8-10(11)2/h4-5,8-9H,3,6-7H2,1-2H3,(H2,18,19,20,21). The fourth-order valence-corrected chi connectivity index (χ4v) is 2.15. The van der Waals surface area contributed by atoms with E-state index in [2.05, 4.69) is 20.6 Å². The van der Waals surface area contributed by atoms with E-state index in [0.29, 0.717) is 23.3 Å². The SMILES string of the molecule is CCNc1ncc(Cl)c(NCCc2ccc(F)cc2C)n1. The van der Waals surface area contributed by atoms with Gasteiger partial charge in [-0.2, -0.15) is 4.98 Å². The van der Waals surface area contributed by atoms with Crippen LogP contribution >= 0.6 is 11.6 Å². The van der Waals surface area contributed by atoms with E-state index < -0.39 is 0 Å². The number of hydrogen-bond donors (Lipinski definition) is 2. The summed E-state index contributed by atoms with van der Waals surface area (Å²) in [5.74, 6) is 0.933. The molecule has 21 heavy (non-hydrogen) atoms. The fraction of sp³-hybridized carbons (Fsp3) is 0.333. The minimum Gasteiger partial charge on any atom is -0.368 e. The summed E-state index contributed by atoms with van der Waals surface area (Å²) >= 11 is 6.07. The number of anilines is 2. The summed E-state index contributed by atoms with van der Waals surface area (Å²) in [6.07, 6.45) is 2.33. The number of halogens is 2. The Hall–Kier alpha value is -1.88. The molecule has 0 fully saturated rings. The highest BCUT2D eigenvalue weighted by atomic mass is 35.5. The first-order valence-corrected chi connectivity index (χ1v) is 7.23. The Kier molecular flexibility index (Phi) is 5.33. The maximum atomic E-state index is 13.0. The lowest BCUT2D eigenvalue weighted by Gasteiger charge is -2.10. The molecule has 6 heteroatoms. The molecule has 0 saturated heterocycles. The molecule has 0 amide bonds. The number of hydrogen-bond acceptors (Lipinski definition) is 4. The molecule has 0 radical (unpaired) electrons. The van der Waals surface area contributed by atoms with Crippen LogP contribution in [0.25, 0.3) is 0 Å². The van der Waals surface area contributed by atoms with Gasteiger partial charge in [-0.25, -0.2) is 9.37 Å². The minimum atomic E-state index is -0.210. The van der Waals surface area contributed by atoms with Crippen LogP contribution in [0.1, 0.15) is 18.1 Å². The summed E-state index contributed by atoms with van der Waals surface area (Å²) in [5.41, 5.74) is 2.04. The molecular formula is C15H18ClFN4. The quantitative estimate of drug-likeness (QED) is 0.855. The van der Waals surface area contributed by atoms with Crippen molar-refractivity contribution in [2.75, 3.05) is 23.7 Å². The normalized spacial score (nSPS) is 10.5. The number of nitrogens with one attached hydrogen (secondary N) is 2. The second-order valence-electron chi connectivity index (χ2n) is 4.67. The van der Waals surface area contributed by atoms with Crippen molar-refractivity contribution in [3.05, 3.63) is 46.4 Å². The van der Waals surface area contributed by atoms with Crippen LogP contribution < -0.4 is 10.6 Å². The second-order valence-corrected chi connectivity index (χ2v) is 5.08. The van der Waals surface area contributed by atoms with Gasteiger partial charge in [0.05, 0.1) is 6.20 Å². The van der Waals surface area contributed by atoms with Crippen molar-refractivity contribution >= 4 is 23.4 Å². The Bertz CT molecular complexity index is 619. The van der Waals surface area contributed by atoms with Crippen molar-refractivity contribution in [1.29, 1.82) is 0 Å². The van der Waals surface area contributed by atoms with Crippen LogP contribution in [0.15, 0.2) is 24.4 Å². The van der Waals surface area contributed by atoms with E-state index >= 15 is 0 Å². The van der Waals surface area contributed by atoms with Gasteiger partial charge in [0.2, 0.25) is 5.95 Å². The summed E-state index contributed by atoms with van der Waals surface area (Å²) < 4.78 is 13.0. The molecular weight excluding hydrogens is 291 g/mol. The van der Waals surface area contributed by atoms with E-state index in [1.54, 1.807) is 12.3 Å². The number of rotatable bonds is 6. The predicted octanol–water partition coefficient (Wildman–Crippen LogP) is 3.66. The van der Waals surface area contributed by atoms with E-state index in [-0.39, 0.29) is 5.82 Å². The number of benzene rings is 1. The van der Waals surface area contributed by atoms with Gasteiger partial charge in [-0.15, -0.1) is 0 Å². The molecule has 0 aliphatic carbocycles. The predicted molar refractivity (Wildman–Crippen MR) is 84.5 cm³/mol. The molecule has 2 N–H and O–H groups in total. The summed E-state index contributed by atoms with van der Waals surface area (Å²) in [4.78, 5) is 8.39. The summed E-state index contributed by atoms with van der Waals surface area (Å²) in [5, 5.41) is 6.70. The first-order chi connectivity index (χ1) is 10.1. The van der Waals surface area contributed by atoms with Gasteiger partial charge in [0.15, 0.2) is 0 Å². The van der Waals surface area contributed by atoms with Gasteiger partial charge in [0.1, 0.15) is 16.7 Å². The van der Waals surface area contributed by atoms with Crippen LogP contribution in [0, 0.1) is 12.7 Å². The highest BCUT2D eigenvalue weighted by Gasteiger charge is 2.05. The smallest absolute Gasteiger partial charge is 0.224 e. The highest BCUT2D eigenvalue weighted by Crippen LogP contribution is 2.19. The van der Waals surface area contributed by atoms with Crippen molar-refractivity contribution in [2.24, 2.45) is 0 Å². The topological polar surface area (TPSA) is 49.8 Å². The summed E-state index contributed by atoms with van der Waals surface area (Å²) in [7, 11) is 0. The van der Waals surface area contributed by atoms with Crippen LogP contribution in [0.4, 0.5) is 16.2 Å². The number of aromatic nitrogens is 2. The van der Waals surface area contributed by atoms with Crippen molar-refractivity contribution in [2.45, 2.75) is 20.3 Å². The van der Waals surface area contributed by atoms with Crippen LogP contribution in [-0.2, 0) is 6.42 Å². The summed E-state index contributed by atoms with van der Waals surface area (Å²) in [6.45, 7) is 5.28. The van der Waals surface area contributed by atoms with E-state index in [4.69, 9.17) is 11.6 Å². The summed E-state index contributed by atoms with van der Waals surface area (Å²) in [6, 6.07) is 4.82. The average molecular weight is 309 g/mol. The molecule has 4 nitrogen and oxygen atoms in total. The molecule has 0 atom stereocenters. The Labute approximate surface area is 128 Å². The average Bonchev–Trinajstić information content (AvgIpc) is 2.45. The molecule has 0 aliphatic heterocycles. The van der Waals surface area contributed by atoms with Crippen LogP contribution in [0.3, 0.4) is 0 Å². The first-order valence-electron chi connectivity index (χ1n) is 6.85. The van der Waals surface area contributed by atoms with Gasteiger partial charge >= 0.3 is 0 Å². The Morgan fingerprint density at radius 1 is 1.29 bits per heavy atom. The molecule has 0 bridgehead atoms. The van der Waals surface area contributed by atoms with E-state index in [9.17, 15) is 4.39 Å². The molecule has 112 valence electrons. The molecule has 0 aliphatic rings. The molecule has 1 aromatic carbocycles. The zero-order chi connectivity index (χ0) is 15.2. The molecule has 0 saturated carbocycles. The van der Waals surface area contributed by atoms with Crippen molar-refractivity contribution < 1.29 is 4.39 Å². The van der Waals surface area contributed by atoms with Crippen LogP contribution in [0.2, 0.25) is 5.02 Å². The van der Waals surface area contributed by atoms with Crippen molar-refractivity contribution in [3.63, 3.8) is 0 Å². The third-order valence-corrected chi connectivity index (χ3v) is 3.35. The molecule has 1 aromatic heterocycles. The monoisotopic (exact) mass is 308 g/mol. The molecule has 0 spiro atoms. The zero-order valence-corrected chi connectivity index (χ0v) is 12.8. The third kappa shape index (κ3) is 4.29. The van der Waals surface area contributed by atoms with Crippen LogP contribution in [0.5, 0.6) is 0 Å². The van der Waals surface area contributed by atoms with Gasteiger partial charge in [-0.05, 0) is 43.5 Å². The maximum Gasteiger partial charge on any atom is 0.224 e. The highest BCUT2D eigenvalue weighted by molar-refractivity contribution is 6.32. The van der Waals surface area contributed by atoms with Gasteiger partial charge in [-0.1, -0.05) is 17.7 Å². The molecule has 0 unspecified atom stereocenters. The van der Waals surface area contributed by atoms with Gasteiger partial charge in [0.25, 0.3) is 0 Å². The number of nitrogens with zero attached hydrogens (tertiary/aromatic N) is 2. The fourth-order valence-electron chi connectivity index (χ4n) is 1.99. The van der Waals surface area contributed by atoms with E-state index in [0.717, 1.165) is 24.1 Å². The Morgan fingerprint density at radius 2 is 2.10 bits per heavy atom. The third-order valence-electron chi connectivity index (χ3n) is 3.07. The maximum absolute atomic E-state index is 13.0.